The van der Waals surface area contributed by atoms with Crippen LogP contribution in [0.15, 0.2) is 36.7 Å². The Bertz CT molecular complexity index is 689. The van der Waals surface area contributed by atoms with E-state index < -0.39 is 0 Å². The van der Waals surface area contributed by atoms with E-state index >= 15 is 0 Å². The third-order valence-corrected chi connectivity index (χ3v) is 4.53. The Morgan fingerprint density at radius 2 is 2.12 bits per heavy atom. The number of aryl methyl sites for hydroxylation is 1. The van der Waals surface area contributed by atoms with Gasteiger partial charge < -0.3 is 18.9 Å². The third-order valence-electron chi connectivity index (χ3n) is 4.53. The van der Waals surface area contributed by atoms with Crippen molar-refractivity contribution in [1.82, 2.24) is 19.7 Å². The first kappa shape index (κ1) is 17.6. The molecule has 1 fully saturated rings. The molecule has 7 nitrogen and oxygen atoms in total. The van der Waals surface area contributed by atoms with Gasteiger partial charge in [0.1, 0.15) is 6.33 Å². The third kappa shape index (κ3) is 4.24. The molecule has 0 saturated carbocycles. The number of likely N-dealkylation sites (tertiary alicyclic amines) is 1. The first-order valence-electron chi connectivity index (χ1n) is 8.47. The summed E-state index contributed by atoms with van der Waals surface area (Å²) in [5.74, 6) is 0.846. The summed E-state index contributed by atoms with van der Waals surface area (Å²) in [6, 6.07) is 9.85. The van der Waals surface area contributed by atoms with Gasteiger partial charge in [-0.05, 0) is 5.56 Å². The van der Waals surface area contributed by atoms with Crippen LogP contribution in [0.1, 0.15) is 30.3 Å². The van der Waals surface area contributed by atoms with Crippen LogP contribution in [0, 0.1) is 0 Å². The topological polar surface area (TPSA) is 69.5 Å². The number of rotatable bonds is 7. The lowest BCUT2D eigenvalue weighted by Gasteiger charge is -2.23. The van der Waals surface area contributed by atoms with Crippen LogP contribution in [-0.2, 0) is 27.9 Å². The van der Waals surface area contributed by atoms with Crippen LogP contribution in [0.4, 0.5) is 0 Å². The summed E-state index contributed by atoms with van der Waals surface area (Å²) in [5.41, 5.74) is 1.10. The molecule has 0 aliphatic carbocycles. The van der Waals surface area contributed by atoms with E-state index in [4.69, 9.17) is 9.47 Å². The average Bonchev–Trinajstić information content (AvgIpc) is 3.25. The quantitative estimate of drug-likeness (QED) is 0.715. The van der Waals surface area contributed by atoms with Crippen molar-refractivity contribution >= 4 is 5.91 Å². The average molecular weight is 344 g/mol. The molecule has 1 aliphatic heterocycles. The Labute approximate surface area is 147 Å². The number of amides is 1. The van der Waals surface area contributed by atoms with E-state index in [2.05, 4.69) is 10.2 Å². The van der Waals surface area contributed by atoms with Crippen molar-refractivity contribution in [3.05, 3.63) is 48.0 Å². The van der Waals surface area contributed by atoms with Gasteiger partial charge in [-0.3, -0.25) is 4.79 Å². The van der Waals surface area contributed by atoms with Crippen molar-refractivity contribution < 1.29 is 14.3 Å². The van der Waals surface area contributed by atoms with Crippen molar-refractivity contribution in [1.29, 1.82) is 0 Å². The normalized spacial score (nSPS) is 20.2. The Hall–Kier alpha value is -2.25. The van der Waals surface area contributed by atoms with Crippen LogP contribution < -0.4 is 0 Å². The number of ether oxygens (including phenoxy) is 2. The Balaban J connectivity index is 1.55. The number of carbonyl (C=O) groups excluding carboxylic acids is 1. The van der Waals surface area contributed by atoms with E-state index in [9.17, 15) is 4.79 Å². The smallest absolute Gasteiger partial charge is 0.225 e. The molecule has 1 amide bonds. The second-order valence-corrected chi connectivity index (χ2v) is 6.24. The van der Waals surface area contributed by atoms with Gasteiger partial charge in [-0.15, -0.1) is 10.2 Å². The molecule has 1 aromatic carbocycles. The Morgan fingerprint density at radius 3 is 2.80 bits per heavy atom. The number of carbonyl (C=O) groups is 1. The highest BCUT2D eigenvalue weighted by atomic mass is 16.5. The summed E-state index contributed by atoms with van der Waals surface area (Å²) >= 11 is 0. The Kier molecular flexibility index (Phi) is 5.78. The molecule has 0 bridgehead atoms. The number of hydrogen-bond acceptors (Lipinski definition) is 5. The largest absolute Gasteiger partial charge is 0.380 e. The van der Waals surface area contributed by atoms with Gasteiger partial charge in [-0.1, -0.05) is 30.3 Å². The molecule has 0 spiro atoms. The first-order chi connectivity index (χ1) is 12.2. The summed E-state index contributed by atoms with van der Waals surface area (Å²) in [6.45, 7) is 1.49. The molecule has 3 rings (SSSR count). The van der Waals surface area contributed by atoms with E-state index in [1.807, 2.05) is 46.8 Å². The molecule has 1 aromatic heterocycles. The fraction of sp³-hybridized carbons (Fsp3) is 0.500. The van der Waals surface area contributed by atoms with Crippen LogP contribution in [0.25, 0.3) is 0 Å². The standard InChI is InChI=1S/C18H24N4O3/c1-21-13-19-20-18(21)16-10-15(24-2)11-22(16)17(23)8-9-25-12-14-6-4-3-5-7-14/h3-7,13,15-16H,8-12H2,1-2H3/t15-,16+/m1/s1. The minimum atomic E-state index is -0.0981. The summed E-state index contributed by atoms with van der Waals surface area (Å²) < 4.78 is 13.0. The number of methoxy groups -OCH3 is 1. The van der Waals surface area contributed by atoms with E-state index in [1.165, 1.54) is 0 Å². The molecular weight excluding hydrogens is 320 g/mol. The zero-order valence-corrected chi connectivity index (χ0v) is 14.7. The summed E-state index contributed by atoms with van der Waals surface area (Å²) in [7, 11) is 3.57. The van der Waals surface area contributed by atoms with Crippen molar-refractivity contribution in [3.63, 3.8) is 0 Å². The van der Waals surface area contributed by atoms with Gasteiger partial charge in [-0.2, -0.15) is 0 Å². The molecule has 2 atom stereocenters. The molecule has 134 valence electrons. The second kappa shape index (κ2) is 8.22. The Morgan fingerprint density at radius 1 is 1.32 bits per heavy atom. The molecule has 1 saturated heterocycles. The maximum absolute atomic E-state index is 12.7. The first-order valence-corrected chi connectivity index (χ1v) is 8.47. The number of hydrogen-bond donors (Lipinski definition) is 0. The lowest BCUT2D eigenvalue weighted by Crippen LogP contribution is -2.33. The molecule has 25 heavy (non-hydrogen) atoms. The monoisotopic (exact) mass is 344 g/mol. The van der Waals surface area contributed by atoms with Gasteiger partial charge in [0.15, 0.2) is 5.82 Å². The molecule has 2 aromatic rings. The van der Waals surface area contributed by atoms with Gasteiger partial charge in [0.2, 0.25) is 5.91 Å². The van der Waals surface area contributed by atoms with Crippen molar-refractivity contribution in [3.8, 4) is 0 Å². The van der Waals surface area contributed by atoms with Crippen LogP contribution in [0.2, 0.25) is 0 Å². The minimum absolute atomic E-state index is 0.0240. The molecule has 1 aliphatic rings. The number of nitrogens with zero attached hydrogens (tertiary/aromatic N) is 4. The lowest BCUT2D eigenvalue weighted by molar-refractivity contribution is -0.133. The van der Waals surface area contributed by atoms with Crippen LogP contribution in [0.3, 0.4) is 0 Å². The fourth-order valence-corrected chi connectivity index (χ4v) is 3.15. The highest BCUT2D eigenvalue weighted by Gasteiger charge is 2.38. The van der Waals surface area contributed by atoms with Gasteiger partial charge in [0.25, 0.3) is 0 Å². The summed E-state index contributed by atoms with van der Waals surface area (Å²) in [6.07, 6.45) is 2.76. The van der Waals surface area contributed by atoms with Gasteiger partial charge in [0.05, 0.1) is 31.8 Å². The zero-order chi connectivity index (χ0) is 17.6. The summed E-state index contributed by atoms with van der Waals surface area (Å²) in [5, 5.41) is 8.10. The van der Waals surface area contributed by atoms with Crippen LogP contribution >= 0.6 is 0 Å². The lowest BCUT2D eigenvalue weighted by atomic mass is 10.2. The fourth-order valence-electron chi connectivity index (χ4n) is 3.15. The van der Waals surface area contributed by atoms with Gasteiger partial charge in [-0.25, -0.2) is 0 Å². The molecule has 7 heteroatoms. The van der Waals surface area contributed by atoms with Crippen molar-refractivity contribution in [2.75, 3.05) is 20.3 Å². The maximum atomic E-state index is 12.7. The predicted molar refractivity (Wildman–Crippen MR) is 91.6 cm³/mol. The van der Waals surface area contributed by atoms with E-state index in [0.29, 0.717) is 26.2 Å². The number of benzene rings is 1. The van der Waals surface area contributed by atoms with Crippen LogP contribution in [-0.4, -0.2) is 51.9 Å². The molecule has 0 N–H and O–H groups in total. The maximum Gasteiger partial charge on any atom is 0.225 e. The second-order valence-electron chi connectivity index (χ2n) is 6.24. The van der Waals surface area contributed by atoms with E-state index in [-0.39, 0.29) is 18.1 Å². The van der Waals surface area contributed by atoms with Gasteiger partial charge in [0, 0.05) is 27.1 Å². The van der Waals surface area contributed by atoms with Gasteiger partial charge >= 0.3 is 0 Å². The van der Waals surface area contributed by atoms with Crippen LogP contribution in [0.5, 0.6) is 0 Å². The van der Waals surface area contributed by atoms with E-state index in [0.717, 1.165) is 17.8 Å². The molecule has 0 radical (unpaired) electrons. The molecule has 0 unspecified atom stereocenters. The molecular formula is C18H24N4O3. The zero-order valence-electron chi connectivity index (χ0n) is 14.7. The highest BCUT2D eigenvalue weighted by molar-refractivity contribution is 5.77. The van der Waals surface area contributed by atoms with Crippen molar-refractivity contribution in [2.24, 2.45) is 7.05 Å². The number of aromatic nitrogens is 3. The van der Waals surface area contributed by atoms with E-state index in [1.54, 1.807) is 13.4 Å². The predicted octanol–water partition coefficient (Wildman–Crippen LogP) is 1.71. The highest BCUT2D eigenvalue weighted by Crippen LogP contribution is 2.32. The molecule has 2 heterocycles. The summed E-state index contributed by atoms with van der Waals surface area (Å²) in [4.78, 5) is 14.5. The SMILES string of the molecule is CO[C@@H]1C[C@@H](c2nncn2C)N(C(=O)CCOCc2ccccc2)C1. The van der Waals surface area contributed by atoms with Crippen molar-refractivity contribution in [2.45, 2.75) is 31.6 Å². The minimum Gasteiger partial charge on any atom is -0.380 e.